The minimum Gasteiger partial charge on any atom is -0.481 e. The second kappa shape index (κ2) is 8.82. The van der Waals surface area contributed by atoms with Gasteiger partial charge < -0.3 is 15.4 Å². The Morgan fingerprint density at radius 3 is 2.13 bits per heavy atom. The molecule has 4 rings (SSSR count). The smallest absolute Gasteiger partial charge is 0.265 e. The molecule has 152 valence electrons. The topological polar surface area (TPSA) is 67.4 Å². The zero-order chi connectivity index (χ0) is 20.9. The fourth-order valence-corrected chi connectivity index (χ4v) is 3.06. The summed E-state index contributed by atoms with van der Waals surface area (Å²) in [5.74, 6) is 0.299. The van der Waals surface area contributed by atoms with Gasteiger partial charge >= 0.3 is 0 Å². The van der Waals surface area contributed by atoms with Gasteiger partial charge in [-0.15, -0.1) is 0 Å². The zero-order valence-electron chi connectivity index (χ0n) is 16.8. The van der Waals surface area contributed by atoms with E-state index in [-0.39, 0.29) is 11.8 Å². The van der Waals surface area contributed by atoms with Crippen LogP contribution in [0.4, 0.5) is 5.69 Å². The second-order valence-electron chi connectivity index (χ2n) is 7.46. The van der Waals surface area contributed by atoms with Crippen LogP contribution in [0.3, 0.4) is 0 Å². The summed E-state index contributed by atoms with van der Waals surface area (Å²) in [4.78, 5) is 24.5. The van der Waals surface area contributed by atoms with E-state index in [0.717, 1.165) is 24.0 Å². The highest BCUT2D eigenvalue weighted by Crippen LogP contribution is 2.23. The Kier molecular flexibility index (Phi) is 5.80. The zero-order valence-corrected chi connectivity index (χ0v) is 16.8. The van der Waals surface area contributed by atoms with Crippen molar-refractivity contribution in [2.45, 2.75) is 31.9 Å². The van der Waals surface area contributed by atoms with Crippen LogP contribution >= 0.6 is 0 Å². The van der Waals surface area contributed by atoms with Crippen molar-refractivity contribution in [3.05, 3.63) is 84.4 Å². The summed E-state index contributed by atoms with van der Waals surface area (Å²) < 4.78 is 5.78. The van der Waals surface area contributed by atoms with E-state index in [1.807, 2.05) is 54.6 Å². The van der Waals surface area contributed by atoms with Crippen LogP contribution in [0.1, 0.15) is 30.1 Å². The Bertz CT molecular complexity index is 1010. The molecular formula is C25H24N2O3. The summed E-state index contributed by atoms with van der Waals surface area (Å²) in [6.45, 7) is 1.71. The van der Waals surface area contributed by atoms with Crippen molar-refractivity contribution in [2.24, 2.45) is 0 Å². The normalized spacial score (nSPS) is 13.9. The average Bonchev–Trinajstić information content (AvgIpc) is 3.59. The first kappa shape index (κ1) is 19.7. The van der Waals surface area contributed by atoms with Crippen molar-refractivity contribution in [3.63, 3.8) is 0 Å². The molecule has 0 bridgehead atoms. The first-order valence-electron chi connectivity index (χ1n) is 10.1. The third-order valence-electron chi connectivity index (χ3n) is 4.97. The number of benzene rings is 3. The van der Waals surface area contributed by atoms with Gasteiger partial charge in [0, 0.05) is 17.3 Å². The summed E-state index contributed by atoms with van der Waals surface area (Å²) in [5.41, 5.74) is 3.43. The Morgan fingerprint density at radius 1 is 0.867 bits per heavy atom. The number of nitrogens with one attached hydrogen (secondary N) is 2. The van der Waals surface area contributed by atoms with Crippen molar-refractivity contribution >= 4 is 17.5 Å². The highest BCUT2D eigenvalue weighted by Gasteiger charge is 2.23. The second-order valence-corrected chi connectivity index (χ2v) is 7.46. The third-order valence-corrected chi connectivity index (χ3v) is 4.97. The van der Waals surface area contributed by atoms with Crippen molar-refractivity contribution in [1.29, 1.82) is 0 Å². The Hall–Kier alpha value is -3.60. The van der Waals surface area contributed by atoms with Gasteiger partial charge in [-0.2, -0.15) is 0 Å². The van der Waals surface area contributed by atoms with Crippen molar-refractivity contribution < 1.29 is 14.3 Å². The maximum Gasteiger partial charge on any atom is 0.265 e. The van der Waals surface area contributed by atoms with Gasteiger partial charge in [0.25, 0.3) is 11.8 Å². The lowest BCUT2D eigenvalue weighted by Gasteiger charge is -2.15. The molecule has 0 aromatic heterocycles. The number of rotatable bonds is 7. The van der Waals surface area contributed by atoms with E-state index in [1.54, 1.807) is 31.2 Å². The first-order chi connectivity index (χ1) is 14.6. The Morgan fingerprint density at radius 2 is 1.50 bits per heavy atom. The van der Waals surface area contributed by atoms with E-state index in [0.29, 0.717) is 23.0 Å². The first-order valence-corrected chi connectivity index (χ1v) is 10.1. The molecule has 1 saturated carbocycles. The molecule has 1 atom stereocenters. The number of hydrogen-bond acceptors (Lipinski definition) is 3. The van der Waals surface area contributed by atoms with E-state index < -0.39 is 6.10 Å². The summed E-state index contributed by atoms with van der Waals surface area (Å²) in [6, 6.07) is 24.9. The minimum absolute atomic E-state index is 0.0778. The van der Waals surface area contributed by atoms with Crippen LogP contribution in [0.2, 0.25) is 0 Å². The van der Waals surface area contributed by atoms with E-state index in [2.05, 4.69) is 10.6 Å². The number of amides is 2. The summed E-state index contributed by atoms with van der Waals surface area (Å²) in [7, 11) is 0. The van der Waals surface area contributed by atoms with Crippen molar-refractivity contribution in [2.75, 3.05) is 5.32 Å². The molecule has 5 nitrogen and oxygen atoms in total. The maximum atomic E-state index is 12.5. The van der Waals surface area contributed by atoms with E-state index in [9.17, 15) is 9.59 Å². The lowest BCUT2D eigenvalue weighted by Crippen LogP contribution is -2.30. The minimum atomic E-state index is -0.662. The molecule has 2 amide bonds. The molecule has 3 aromatic carbocycles. The van der Waals surface area contributed by atoms with Crippen molar-refractivity contribution in [1.82, 2.24) is 5.32 Å². The van der Waals surface area contributed by atoms with Crippen molar-refractivity contribution in [3.8, 4) is 16.9 Å². The molecule has 5 heteroatoms. The van der Waals surface area contributed by atoms with Crippen LogP contribution in [0.5, 0.6) is 5.75 Å². The predicted octanol–water partition coefficient (Wildman–Crippen LogP) is 4.65. The highest BCUT2D eigenvalue weighted by molar-refractivity contribution is 5.97. The quantitative estimate of drug-likeness (QED) is 0.607. The van der Waals surface area contributed by atoms with Gasteiger partial charge in [0.15, 0.2) is 6.10 Å². The molecule has 0 spiro atoms. The molecule has 1 aliphatic rings. The third kappa shape index (κ3) is 5.06. The van der Waals surface area contributed by atoms with Gasteiger partial charge in [-0.05, 0) is 67.3 Å². The fourth-order valence-electron chi connectivity index (χ4n) is 3.06. The molecule has 0 radical (unpaired) electrons. The number of ether oxygens (including phenoxy) is 1. The summed E-state index contributed by atoms with van der Waals surface area (Å²) in [5, 5.41) is 5.77. The standard InChI is InChI=1S/C25H24N2O3/c1-17(30-23-15-9-19(10-16-23)18-5-3-2-4-6-18)24(28)26-21-11-7-20(8-12-21)25(29)27-22-13-14-22/h2-12,15-17,22H,13-14H2,1H3,(H,26,28)(H,27,29). The van der Waals surface area contributed by atoms with Gasteiger partial charge in [0.1, 0.15) is 5.75 Å². The van der Waals surface area contributed by atoms with Crippen LogP contribution in [0, 0.1) is 0 Å². The van der Waals surface area contributed by atoms with Gasteiger partial charge in [-0.3, -0.25) is 9.59 Å². The van der Waals surface area contributed by atoms with Crippen LogP contribution in [0.15, 0.2) is 78.9 Å². The van der Waals surface area contributed by atoms with Gasteiger partial charge in [0.05, 0.1) is 0 Å². The lowest BCUT2D eigenvalue weighted by atomic mass is 10.1. The Balaban J connectivity index is 1.31. The SMILES string of the molecule is CC(Oc1ccc(-c2ccccc2)cc1)C(=O)Nc1ccc(C(=O)NC2CC2)cc1. The number of anilines is 1. The van der Waals surface area contributed by atoms with E-state index in [4.69, 9.17) is 4.74 Å². The highest BCUT2D eigenvalue weighted by atomic mass is 16.5. The van der Waals surface area contributed by atoms with Crippen LogP contribution in [-0.2, 0) is 4.79 Å². The maximum absolute atomic E-state index is 12.5. The molecule has 3 aromatic rings. The predicted molar refractivity (Wildman–Crippen MR) is 118 cm³/mol. The largest absolute Gasteiger partial charge is 0.481 e. The summed E-state index contributed by atoms with van der Waals surface area (Å²) >= 11 is 0. The number of hydrogen-bond donors (Lipinski definition) is 2. The van der Waals surface area contributed by atoms with Crippen LogP contribution < -0.4 is 15.4 Å². The molecule has 1 unspecified atom stereocenters. The molecule has 1 fully saturated rings. The van der Waals surface area contributed by atoms with Crippen LogP contribution in [0.25, 0.3) is 11.1 Å². The molecule has 2 N–H and O–H groups in total. The van der Waals surface area contributed by atoms with Crippen LogP contribution in [-0.4, -0.2) is 24.0 Å². The Labute approximate surface area is 176 Å². The molecule has 0 aliphatic heterocycles. The van der Waals surface area contributed by atoms with E-state index >= 15 is 0 Å². The molecule has 0 saturated heterocycles. The molecular weight excluding hydrogens is 376 g/mol. The number of carbonyl (C=O) groups is 2. The number of carbonyl (C=O) groups excluding carboxylic acids is 2. The lowest BCUT2D eigenvalue weighted by molar-refractivity contribution is -0.122. The molecule has 1 aliphatic carbocycles. The molecule has 30 heavy (non-hydrogen) atoms. The molecule has 0 heterocycles. The van der Waals surface area contributed by atoms with Gasteiger partial charge in [0.2, 0.25) is 0 Å². The summed E-state index contributed by atoms with van der Waals surface area (Å²) in [6.07, 6.45) is 1.44. The fraction of sp³-hybridized carbons (Fsp3) is 0.200. The van der Waals surface area contributed by atoms with Gasteiger partial charge in [-0.1, -0.05) is 42.5 Å². The average molecular weight is 400 g/mol. The van der Waals surface area contributed by atoms with Gasteiger partial charge in [-0.25, -0.2) is 0 Å². The van der Waals surface area contributed by atoms with E-state index in [1.165, 1.54) is 0 Å². The monoisotopic (exact) mass is 400 g/mol.